The van der Waals surface area contributed by atoms with Gasteiger partial charge in [0.1, 0.15) is 5.78 Å². The number of carbonyl (C=O) groups excluding carboxylic acids is 2. The van der Waals surface area contributed by atoms with Crippen molar-refractivity contribution in [3.63, 3.8) is 0 Å². The molecule has 192 valence electrons. The van der Waals surface area contributed by atoms with Crippen molar-refractivity contribution in [1.82, 2.24) is 0 Å². The largest absolute Gasteiger partial charge is 0.469 e. The summed E-state index contributed by atoms with van der Waals surface area (Å²) in [7, 11) is 1.61. The molecule has 0 amide bonds. The zero-order valence-corrected chi connectivity index (χ0v) is 23.3. The smallest absolute Gasteiger partial charge is 0.312 e. The summed E-state index contributed by atoms with van der Waals surface area (Å²) in [6, 6.07) is 0. The van der Waals surface area contributed by atoms with Gasteiger partial charge in [-0.2, -0.15) is 0 Å². The summed E-state index contributed by atoms with van der Waals surface area (Å²) in [6.07, 6.45) is 12.2. The second-order valence-corrected chi connectivity index (χ2v) is 15.3. The number of ketones is 1. The quantitative estimate of drug-likeness (QED) is 0.370. The van der Waals surface area contributed by atoms with E-state index in [4.69, 9.17) is 4.74 Å². The maximum atomic E-state index is 13.4. The molecular formula is C31H50O3. The molecule has 5 rings (SSSR count). The van der Waals surface area contributed by atoms with Gasteiger partial charge in [-0.25, -0.2) is 0 Å². The van der Waals surface area contributed by atoms with Gasteiger partial charge in [0, 0.05) is 12.3 Å². The lowest BCUT2D eigenvalue weighted by Gasteiger charge is -2.74. The number of rotatable bonds is 1. The number of ether oxygens (including phenoxy) is 1. The second kappa shape index (κ2) is 7.34. The van der Waals surface area contributed by atoms with E-state index in [-0.39, 0.29) is 39.0 Å². The molecule has 0 N–H and O–H groups in total. The minimum Gasteiger partial charge on any atom is -0.469 e. The van der Waals surface area contributed by atoms with Crippen LogP contribution in [0.15, 0.2) is 0 Å². The molecule has 0 aromatic heterocycles. The molecule has 5 fully saturated rings. The summed E-state index contributed by atoms with van der Waals surface area (Å²) in [5, 5.41) is 0. The van der Waals surface area contributed by atoms with E-state index < -0.39 is 0 Å². The van der Waals surface area contributed by atoms with Gasteiger partial charge < -0.3 is 4.74 Å². The SMILES string of the molecule is COC(=O)C12CCC(C)(C)CC1C1(C)CCC3(C)C4CCC(=O)C(C)C4(C)CCC3C1(C)CC2. The fraction of sp³-hybridized carbons (Fsp3) is 0.935. The van der Waals surface area contributed by atoms with E-state index in [1.165, 1.54) is 25.7 Å². The Morgan fingerprint density at radius 2 is 1.38 bits per heavy atom. The van der Waals surface area contributed by atoms with Crippen molar-refractivity contribution in [2.24, 2.45) is 56.2 Å². The van der Waals surface area contributed by atoms with Gasteiger partial charge in [0.25, 0.3) is 0 Å². The van der Waals surface area contributed by atoms with E-state index in [1.807, 2.05) is 0 Å². The minimum atomic E-state index is -0.290. The lowest BCUT2D eigenvalue weighted by Crippen LogP contribution is -2.69. The normalized spacial score (nSPS) is 54.2. The van der Waals surface area contributed by atoms with E-state index in [0.717, 1.165) is 44.9 Å². The van der Waals surface area contributed by atoms with Crippen LogP contribution in [0.25, 0.3) is 0 Å². The third-order valence-corrected chi connectivity index (χ3v) is 13.9. The van der Waals surface area contributed by atoms with Crippen LogP contribution in [0.1, 0.15) is 119 Å². The van der Waals surface area contributed by atoms with Crippen LogP contribution in [0.3, 0.4) is 0 Å². The monoisotopic (exact) mass is 470 g/mol. The van der Waals surface area contributed by atoms with Gasteiger partial charge in [0.15, 0.2) is 0 Å². The summed E-state index contributed by atoms with van der Waals surface area (Å²) >= 11 is 0. The van der Waals surface area contributed by atoms with Crippen molar-refractivity contribution in [2.45, 2.75) is 119 Å². The van der Waals surface area contributed by atoms with Crippen molar-refractivity contribution in [1.29, 1.82) is 0 Å². The average Bonchev–Trinajstić information content (AvgIpc) is 2.78. The van der Waals surface area contributed by atoms with Gasteiger partial charge in [0.2, 0.25) is 0 Å². The first-order valence-corrected chi connectivity index (χ1v) is 14.3. The topological polar surface area (TPSA) is 43.4 Å². The first-order valence-electron chi connectivity index (χ1n) is 14.3. The Balaban J connectivity index is 1.57. The van der Waals surface area contributed by atoms with Gasteiger partial charge in [-0.3, -0.25) is 9.59 Å². The standard InChI is InChI=1S/C31H50O3/c1-20-21(32)9-10-22-27(20,4)12-11-23-28(22,5)14-15-30(7)24-19-26(2,3)13-17-31(24,25(33)34-8)18-16-29(23,30)6/h20,22-24H,9-19H2,1-8H3. The number of esters is 1. The Kier molecular flexibility index (Phi) is 5.36. The summed E-state index contributed by atoms with van der Waals surface area (Å²) < 4.78 is 5.54. The zero-order chi connectivity index (χ0) is 24.9. The Morgan fingerprint density at radius 1 is 0.765 bits per heavy atom. The highest BCUT2D eigenvalue weighted by molar-refractivity contribution is 5.82. The maximum Gasteiger partial charge on any atom is 0.312 e. The molecule has 0 aliphatic heterocycles. The summed E-state index contributed by atoms with van der Waals surface area (Å²) in [6.45, 7) is 17.3. The lowest BCUT2D eigenvalue weighted by molar-refractivity contribution is -0.259. The molecule has 3 nitrogen and oxygen atoms in total. The highest BCUT2D eigenvalue weighted by atomic mass is 16.5. The van der Waals surface area contributed by atoms with Crippen LogP contribution < -0.4 is 0 Å². The molecule has 3 heteroatoms. The third kappa shape index (κ3) is 2.88. The molecule has 0 spiro atoms. The first kappa shape index (κ1) is 24.8. The molecule has 0 aromatic rings. The van der Waals surface area contributed by atoms with Gasteiger partial charge in [0.05, 0.1) is 12.5 Å². The van der Waals surface area contributed by atoms with Crippen molar-refractivity contribution in [2.75, 3.05) is 7.11 Å². The predicted octanol–water partition coefficient (Wildman–Crippen LogP) is 7.61. The van der Waals surface area contributed by atoms with Crippen molar-refractivity contribution in [3.8, 4) is 0 Å². The minimum absolute atomic E-state index is 0.0699. The fourth-order valence-corrected chi connectivity index (χ4v) is 11.4. The molecule has 0 saturated heterocycles. The number of hydrogen-bond acceptors (Lipinski definition) is 3. The average molecular weight is 471 g/mol. The number of methoxy groups -OCH3 is 1. The van der Waals surface area contributed by atoms with Crippen LogP contribution in [0.2, 0.25) is 0 Å². The van der Waals surface area contributed by atoms with Crippen molar-refractivity contribution >= 4 is 11.8 Å². The molecule has 5 aliphatic rings. The van der Waals surface area contributed by atoms with Crippen LogP contribution in [-0.4, -0.2) is 18.9 Å². The van der Waals surface area contributed by atoms with Crippen LogP contribution in [0, 0.1) is 56.2 Å². The highest BCUT2D eigenvalue weighted by Crippen LogP contribution is 2.78. The number of Topliss-reactive ketones (excluding diaryl/α,β-unsaturated/α-hetero) is 1. The molecule has 9 unspecified atom stereocenters. The Labute approximate surface area is 208 Å². The van der Waals surface area contributed by atoms with Crippen LogP contribution >= 0.6 is 0 Å². The molecule has 0 aromatic carbocycles. The lowest BCUT2D eigenvalue weighted by atomic mass is 9.30. The van der Waals surface area contributed by atoms with E-state index in [2.05, 4.69) is 48.5 Å². The summed E-state index contributed by atoms with van der Waals surface area (Å²) in [4.78, 5) is 26.2. The molecule has 5 aliphatic carbocycles. The molecule has 0 bridgehead atoms. The van der Waals surface area contributed by atoms with Crippen LogP contribution in [0.4, 0.5) is 0 Å². The van der Waals surface area contributed by atoms with E-state index >= 15 is 0 Å². The Hall–Kier alpha value is -0.860. The molecule has 5 saturated carbocycles. The second-order valence-electron chi connectivity index (χ2n) is 15.3. The van der Waals surface area contributed by atoms with Gasteiger partial charge in [-0.05, 0) is 109 Å². The van der Waals surface area contributed by atoms with E-state index in [0.29, 0.717) is 29.0 Å². The van der Waals surface area contributed by atoms with Crippen molar-refractivity contribution < 1.29 is 14.3 Å². The maximum absolute atomic E-state index is 13.4. The number of hydrogen-bond donors (Lipinski definition) is 0. The zero-order valence-electron chi connectivity index (χ0n) is 23.3. The van der Waals surface area contributed by atoms with Gasteiger partial charge in [-0.1, -0.05) is 48.5 Å². The third-order valence-electron chi connectivity index (χ3n) is 13.9. The molecule has 0 heterocycles. The molecule has 9 atom stereocenters. The number of fused-ring (bicyclic) bond motifs is 7. The highest BCUT2D eigenvalue weighted by Gasteiger charge is 2.72. The number of carbonyl (C=O) groups is 2. The van der Waals surface area contributed by atoms with Gasteiger partial charge in [-0.15, -0.1) is 0 Å². The summed E-state index contributed by atoms with van der Waals surface area (Å²) in [5.41, 5.74) is 0.843. The first-order chi connectivity index (χ1) is 15.7. The Morgan fingerprint density at radius 3 is 2.06 bits per heavy atom. The van der Waals surface area contributed by atoms with Crippen LogP contribution in [0.5, 0.6) is 0 Å². The van der Waals surface area contributed by atoms with Gasteiger partial charge >= 0.3 is 5.97 Å². The Bertz CT molecular complexity index is 891. The molecule has 0 radical (unpaired) electrons. The van der Waals surface area contributed by atoms with E-state index in [9.17, 15) is 9.59 Å². The predicted molar refractivity (Wildman–Crippen MR) is 136 cm³/mol. The van der Waals surface area contributed by atoms with Crippen LogP contribution in [-0.2, 0) is 14.3 Å². The molecular weight excluding hydrogens is 420 g/mol. The van der Waals surface area contributed by atoms with E-state index in [1.54, 1.807) is 7.11 Å². The summed E-state index contributed by atoms with van der Waals surface area (Å²) in [5.74, 6) is 2.49. The fourth-order valence-electron chi connectivity index (χ4n) is 11.4. The van der Waals surface area contributed by atoms with Crippen molar-refractivity contribution in [3.05, 3.63) is 0 Å². The molecule has 34 heavy (non-hydrogen) atoms.